The summed E-state index contributed by atoms with van der Waals surface area (Å²) in [5.41, 5.74) is -0.892. The molecule has 0 aromatic carbocycles. The van der Waals surface area contributed by atoms with E-state index in [1.165, 1.54) is 0 Å². The molecule has 1 amide bonds. The number of amides is 1. The number of alkyl carbamates (subject to hydrolysis) is 1. The van der Waals surface area contributed by atoms with Gasteiger partial charge in [0.05, 0.1) is 6.04 Å². The average Bonchev–Trinajstić information content (AvgIpc) is 2.10. The van der Waals surface area contributed by atoms with Gasteiger partial charge in [0.25, 0.3) is 0 Å². The van der Waals surface area contributed by atoms with Gasteiger partial charge in [0.15, 0.2) is 0 Å². The number of hydrogen-bond donors (Lipinski definition) is 1. The van der Waals surface area contributed by atoms with Crippen molar-refractivity contribution in [2.24, 2.45) is 11.3 Å². The van der Waals surface area contributed by atoms with Crippen LogP contribution < -0.4 is 5.32 Å². The Labute approximate surface area is 105 Å². The zero-order chi connectivity index (χ0) is 13.9. The minimum atomic E-state index is -0.494. The molecule has 0 spiro atoms. The number of carbonyl (C=O) groups is 1. The Bertz CT molecular complexity index is 305. The molecule has 1 atom stereocenters. The van der Waals surface area contributed by atoms with Gasteiger partial charge in [-0.15, -0.1) is 6.42 Å². The second-order valence-corrected chi connectivity index (χ2v) is 6.23. The Kier molecular flexibility index (Phi) is 5.07. The lowest BCUT2D eigenvalue weighted by Gasteiger charge is -2.34. The number of ether oxygens (including phenoxy) is 1. The van der Waals surface area contributed by atoms with E-state index in [4.69, 9.17) is 11.2 Å². The monoisotopic (exact) mass is 239 g/mol. The SMILES string of the molecule is C#CC(C)(C)C(NC(=O)OC(C)(C)C)C(C)C. The topological polar surface area (TPSA) is 38.3 Å². The van der Waals surface area contributed by atoms with Crippen LogP contribution in [0.25, 0.3) is 0 Å². The summed E-state index contributed by atoms with van der Waals surface area (Å²) >= 11 is 0. The van der Waals surface area contributed by atoms with Crippen molar-refractivity contribution in [3.63, 3.8) is 0 Å². The lowest BCUT2D eigenvalue weighted by atomic mass is 9.79. The molecule has 0 aliphatic rings. The second-order valence-electron chi connectivity index (χ2n) is 6.23. The molecular weight excluding hydrogens is 214 g/mol. The summed E-state index contributed by atoms with van der Waals surface area (Å²) < 4.78 is 5.24. The van der Waals surface area contributed by atoms with Crippen LogP contribution >= 0.6 is 0 Å². The molecule has 0 fully saturated rings. The van der Waals surface area contributed by atoms with E-state index in [0.29, 0.717) is 0 Å². The van der Waals surface area contributed by atoms with Crippen LogP contribution in [0.1, 0.15) is 48.5 Å². The van der Waals surface area contributed by atoms with Gasteiger partial charge >= 0.3 is 6.09 Å². The highest BCUT2D eigenvalue weighted by Crippen LogP contribution is 2.25. The minimum Gasteiger partial charge on any atom is -0.444 e. The molecule has 3 heteroatoms. The van der Waals surface area contributed by atoms with Crippen molar-refractivity contribution in [2.75, 3.05) is 0 Å². The molecule has 0 radical (unpaired) electrons. The van der Waals surface area contributed by atoms with Crippen molar-refractivity contribution in [1.29, 1.82) is 0 Å². The molecule has 1 N–H and O–H groups in total. The van der Waals surface area contributed by atoms with Gasteiger partial charge in [-0.05, 0) is 40.5 Å². The number of carbonyl (C=O) groups excluding carboxylic acids is 1. The normalized spacial score (nSPS) is 14.1. The molecule has 0 heterocycles. The zero-order valence-electron chi connectivity index (χ0n) is 12.0. The van der Waals surface area contributed by atoms with Gasteiger partial charge in [-0.3, -0.25) is 0 Å². The molecule has 0 aliphatic carbocycles. The number of rotatable bonds is 3. The third-order valence-corrected chi connectivity index (χ3v) is 2.49. The van der Waals surface area contributed by atoms with Crippen molar-refractivity contribution in [3.05, 3.63) is 0 Å². The lowest BCUT2D eigenvalue weighted by molar-refractivity contribution is 0.0453. The maximum Gasteiger partial charge on any atom is 0.407 e. The summed E-state index contributed by atoms with van der Waals surface area (Å²) in [5.74, 6) is 2.96. The van der Waals surface area contributed by atoms with E-state index in [1.807, 2.05) is 48.5 Å². The van der Waals surface area contributed by atoms with E-state index < -0.39 is 17.1 Å². The van der Waals surface area contributed by atoms with Gasteiger partial charge in [0, 0.05) is 5.41 Å². The molecule has 0 saturated carbocycles. The third-order valence-electron chi connectivity index (χ3n) is 2.49. The fourth-order valence-electron chi connectivity index (χ4n) is 1.70. The average molecular weight is 239 g/mol. The molecular formula is C14H25NO2. The predicted molar refractivity (Wildman–Crippen MR) is 70.6 cm³/mol. The highest BCUT2D eigenvalue weighted by molar-refractivity contribution is 5.68. The quantitative estimate of drug-likeness (QED) is 0.768. The lowest BCUT2D eigenvalue weighted by Crippen LogP contribution is -2.49. The van der Waals surface area contributed by atoms with E-state index in [2.05, 4.69) is 11.2 Å². The summed E-state index contributed by atoms with van der Waals surface area (Å²) in [6, 6.07) is -0.109. The van der Waals surface area contributed by atoms with Gasteiger partial charge in [-0.25, -0.2) is 4.79 Å². The molecule has 17 heavy (non-hydrogen) atoms. The smallest absolute Gasteiger partial charge is 0.407 e. The van der Waals surface area contributed by atoms with E-state index in [9.17, 15) is 4.79 Å². The van der Waals surface area contributed by atoms with Gasteiger partial charge < -0.3 is 10.1 Å². The maximum atomic E-state index is 11.7. The van der Waals surface area contributed by atoms with E-state index in [-0.39, 0.29) is 12.0 Å². The Balaban J connectivity index is 4.71. The first-order valence-corrected chi connectivity index (χ1v) is 5.97. The van der Waals surface area contributed by atoms with Crippen LogP contribution in [0.4, 0.5) is 4.79 Å². The molecule has 0 bridgehead atoms. The van der Waals surface area contributed by atoms with E-state index in [1.54, 1.807) is 0 Å². The Morgan fingerprint density at radius 1 is 1.24 bits per heavy atom. The van der Waals surface area contributed by atoms with Crippen molar-refractivity contribution in [1.82, 2.24) is 5.32 Å². The van der Waals surface area contributed by atoms with Crippen molar-refractivity contribution >= 4 is 6.09 Å². The summed E-state index contributed by atoms with van der Waals surface area (Å²) in [5, 5.41) is 2.86. The summed E-state index contributed by atoms with van der Waals surface area (Å²) in [4.78, 5) is 11.7. The summed E-state index contributed by atoms with van der Waals surface area (Å²) in [7, 11) is 0. The van der Waals surface area contributed by atoms with Crippen LogP contribution in [0.3, 0.4) is 0 Å². The van der Waals surface area contributed by atoms with Crippen LogP contribution in [0.15, 0.2) is 0 Å². The van der Waals surface area contributed by atoms with E-state index >= 15 is 0 Å². The molecule has 0 aromatic heterocycles. The standard InChI is InChI=1S/C14H25NO2/c1-9-14(7,8)11(10(2)3)15-12(16)17-13(4,5)6/h1,10-11H,2-8H3,(H,15,16). The van der Waals surface area contributed by atoms with Crippen LogP contribution in [0.2, 0.25) is 0 Å². The number of nitrogens with one attached hydrogen (secondary N) is 1. The fraction of sp³-hybridized carbons (Fsp3) is 0.786. The van der Waals surface area contributed by atoms with Gasteiger partial charge in [-0.2, -0.15) is 0 Å². The van der Waals surface area contributed by atoms with Crippen molar-refractivity contribution in [2.45, 2.75) is 60.1 Å². The van der Waals surface area contributed by atoms with Crippen LogP contribution in [0.5, 0.6) is 0 Å². The third kappa shape index (κ3) is 5.63. The second kappa shape index (κ2) is 5.44. The Morgan fingerprint density at radius 2 is 1.71 bits per heavy atom. The van der Waals surface area contributed by atoms with Crippen LogP contribution in [0, 0.1) is 23.7 Å². The number of hydrogen-bond acceptors (Lipinski definition) is 2. The molecule has 0 saturated heterocycles. The minimum absolute atomic E-state index is 0.109. The first-order chi connectivity index (χ1) is 7.49. The predicted octanol–water partition coefficient (Wildman–Crippen LogP) is 3.20. The Hall–Kier alpha value is -1.17. The van der Waals surface area contributed by atoms with Crippen molar-refractivity contribution < 1.29 is 9.53 Å². The zero-order valence-corrected chi connectivity index (χ0v) is 12.0. The molecule has 98 valence electrons. The molecule has 3 nitrogen and oxygen atoms in total. The van der Waals surface area contributed by atoms with Crippen molar-refractivity contribution in [3.8, 4) is 12.3 Å². The molecule has 1 unspecified atom stereocenters. The van der Waals surface area contributed by atoms with Gasteiger partial charge in [-0.1, -0.05) is 19.8 Å². The maximum absolute atomic E-state index is 11.7. The first kappa shape index (κ1) is 15.8. The summed E-state index contributed by atoms with van der Waals surface area (Å²) in [6.07, 6.45) is 5.09. The molecule has 0 aliphatic heterocycles. The van der Waals surface area contributed by atoms with Gasteiger partial charge in [0.1, 0.15) is 5.60 Å². The highest BCUT2D eigenvalue weighted by atomic mass is 16.6. The largest absolute Gasteiger partial charge is 0.444 e. The number of terminal acetylenes is 1. The highest BCUT2D eigenvalue weighted by Gasteiger charge is 2.32. The van der Waals surface area contributed by atoms with Crippen LogP contribution in [-0.4, -0.2) is 17.7 Å². The molecule has 0 aromatic rings. The van der Waals surface area contributed by atoms with Crippen LogP contribution in [-0.2, 0) is 4.74 Å². The summed E-state index contributed by atoms with van der Waals surface area (Å²) in [6.45, 7) is 13.4. The Morgan fingerprint density at radius 3 is 2.00 bits per heavy atom. The molecule has 0 rings (SSSR count). The van der Waals surface area contributed by atoms with E-state index in [0.717, 1.165) is 0 Å². The van der Waals surface area contributed by atoms with Gasteiger partial charge in [0.2, 0.25) is 0 Å². The first-order valence-electron chi connectivity index (χ1n) is 5.97. The fourth-order valence-corrected chi connectivity index (χ4v) is 1.70.